The molecule has 0 spiro atoms. The third-order valence-electron chi connectivity index (χ3n) is 1.94. The van der Waals surface area contributed by atoms with Gasteiger partial charge in [0.15, 0.2) is 0 Å². The summed E-state index contributed by atoms with van der Waals surface area (Å²) in [7, 11) is -0.667. The Morgan fingerprint density at radius 3 is 3.07 bits per heavy atom. The minimum absolute atomic E-state index is 0.354. The van der Waals surface area contributed by atoms with Gasteiger partial charge in [-0.25, -0.2) is 0 Å². The Hall–Kier alpha value is -0.260. The number of hydrogen-bond acceptors (Lipinski definition) is 4. The highest BCUT2D eigenvalue weighted by Crippen LogP contribution is 2.15. The van der Waals surface area contributed by atoms with Gasteiger partial charge in [-0.1, -0.05) is 0 Å². The molecule has 0 amide bonds. The molecule has 1 aromatic heterocycles. The molecule has 5 heteroatoms. The first-order valence-corrected chi connectivity index (χ1v) is 7.22. The Labute approximate surface area is 91.4 Å². The van der Waals surface area contributed by atoms with E-state index in [9.17, 15) is 4.21 Å². The number of rotatable bonds is 6. The van der Waals surface area contributed by atoms with Gasteiger partial charge < -0.3 is 5.32 Å². The van der Waals surface area contributed by atoms with Crippen molar-refractivity contribution in [3.05, 3.63) is 16.6 Å². The molecule has 0 aromatic carbocycles. The Kier molecular flexibility index (Phi) is 5.29. The van der Waals surface area contributed by atoms with Crippen molar-refractivity contribution in [1.82, 2.24) is 10.3 Å². The van der Waals surface area contributed by atoms with E-state index in [0.29, 0.717) is 6.04 Å². The van der Waals surface area contributed by atoms with Crippen LogP contribution in [0.25, 0.3) is 0 Å². The summed E-state index contributed by atoms with van der Waals surface area (Å²) >= 11 is 1.66. The normalized spacial score (nSPS) is 15.3. The van der Waals surface area contributed by atoms with Gasteiger partial charge in [0.25, 0.3) is 0 Å². The zero-order chi connectivity index (χ0) is 10.4. The maximum atomic E-state index is 10.8. The molecule has 1 aromatic rings. The summed E-state index contributed by atoms with van der Waals surface area (Å²) in [6.45, 7) is 3.04. The summed E-state index contributed by atoms with van der Waals surface area (Å²) in [4.78, 5) is 5.28. The highest BCUT2D eigenvalue weighted by atomic mass is 32.2. The van der Waals surface area contributed by atoms with Crippen molar-refractivity contribution in [1.29, 1.82) is 0 Å². The van der Waals surface area contributed by atoms with Gasteiger partial charge in [0.05, 0.1) is 5.51 Å². The molecule has 0 radical (unpaired) electrons. The van der Waals surface area contributed by atoms with E-state index in [0.717, 1.165) is 18.7 Å². The predicted octanol–water partition coefficient (Wildman–Crippen LogP) is 1.56. The Morgan fingerprint density at radius 2 is 2.50 bits per heavy atom. The van der Waals surface area contributed by atoms with Gasteiger partial charge in [-0.2, -0.15) is 0 Å². The molecule has 0 bridgehead atoms. The van der Waals surface area contributed by atoms with E-state index in [-0.39, 0.29) is 0 Å². The number of nitrogens with zero attached hydrogens (tertiary/aromatic N) is 1. The number of hydrogen-bond donors (Lipinski definition) is 1. The molecule has 0 saturated carbocycles. The van der Waals surface area contributed by atoms with Crippen molar-refractivity contribution in [2.45, 2.75) is 19.4 Å². The van der Waals surface area contributed by atoms with E-state index in [2.05, 4.69) is 17.2 Å². The lowest BCUT2D eigenvalue weighted by atomic mass is 10.3. The maximum Gasteiger partial charge on any atom is 0.0794 e. The third kappa shape index (κ3) is 4.30. The molecule has 0 aliphatic heterocycles. The van der Waals surface area contributed by atoms with E-state index in [4.69, 9.17) is 0 Å². The molecule has 1 N–H and O–H groups in total. The molecule has 0 aliphatic rings. The second-order valence-corrected chi connectivity index (χ2v) is 5.68. The molecule has 0 saturated heterocycles. The summed E-state index contributed by atoms with van der Waals surface area (Å²) < 4.78 is 10.8. The van der Waals surface area contributed by atoms with Crippen molar-refractivity contribution < 1.29 is 4.21 Å². The van der Waals surface area contributed by atoms with Crippen LogP contribution in [-0.4, -0.2) is 27.7 Å². The summed E-state index contributed by atoms with van der Waals surface area (Å²) in [6.07, 6.45) is 4.60. The molecular formula is C9H16N2OS2. The fourth-order valence-corrected chi connectivity index (χ4v) is 2.34. The molecule has 0 aliphatic carbocycles. The lowest BCUT2D eigenvalue weighted by molar-refractivity contribution is 0.577. The van der Waals surface area contributed by atoms with E-state index in [1.54, 1.807) is 17.6 Å². The molecule has 0 fully saturated rings. The summed E-state index contributed by atoms with van der Waals surface area (Å²) in [5.41, 5.74) is 1.84. The van der Waals surface area contributed by atoms with Crippen LogP contribution >= 0.6 is 11.3 Å². The molecule has 1 heterocycles. The predicted molar refractivity (Wildman–Crippen MR) is 62.1 cm³/mol. The zero-order valence-corrected chi connectivity index (χ0v) is 10.2. The molecule has 14 heavy (non-hydrogen) atoms. The first-order valence-electron chi connectivity index (χ1n) is 4.62. The number of thiazole rings is 1. The van der Waals surface area contributed by atoms with Crippen LogP contribution in [0.2, 0.25) is 0 Å². The van der Waals surface area contributed by atoms with Crippen LogP contribution in [0.15, 0.2) is 11.7 Å². The van der Waals surface area contributed by atoms with Crippen LogP contribution in [0.3, 0.4) is 0 Å². The van der Waals surface area contributed by atoms with Gasteiger partial charge in [0.2, 0.25) is 0 Å². The lowest BCUT2D eigenvalue weighted by Crippen LogP contribution is -2.20. The maximum absolute atomic E-state index is 10.8. The second kappa shape index (κ2) is 6.27. The van der Waals surface area contributed by atoms with Gasteiger partial charge in [0, 0.05) is 39.9 Å². The first kappa shape index (κ1) is 11.8. The molecule has 1 rings (SSSR count). The van der Waals surface area contributed by atoms with Gasteiger partial charge in [-0.3, -0.25) is 9.19 Å². The molecule has 2 atom stereocenters. The average molecular weight is 232 g/mol. The first-order chi connectivity index (χ1) is 6.70. The van der Waals surface area contributed by atoms with Crippen LogP contribution in [0.4, 0.5) is 0 Å². The largest absolute Gasteiger partial charge is 0.309 e. The topological polar surface area (TPSA) is 42.0 Å². The third-order valence-corrected chi connectivity index (χ3v) is 3.76. The Morgan fingerprint density at radius 1 is 1.71 bits per heavy atom. The standard InChI is InChI=1S/C9H16N2OS2/c1-8(9-6-10-7-13-9)11-4-3-5-14(2)12/h6-8,11H,3-5H2,1-2H3. The lowest BCUT2D eigenvalue weighted by Gasteiger charge is -2.10. The van der Waals surface area contributed by atoms with Crippen LogP contribution in [0, 0.1) is 0 Å². The van der Waals surface area contributed by atoms with E-state index in [1.807, 2.05) is 11.7 Å². The molecule has 3 nitrogen and oxygen atoms in total. The van der Waals surface area contributed by atoms with Crippen LogP contribution in [0.5, 0.6) is 0 Å². The highest BCUT2D eigenvalue weighted by molar-refractivity contribution is 7.84. The van der Waals surface area contributed by atoms with Crippen molar-refractivity contribution in [2.24, 2.45) is 0 Å². The SMILES string of the molecule is CC(NCCCS(C)=O)c1cncs1. The quantitative estimate of drug-likeness (QED) is 0.757. The van der Waals surface area contributed by atoms with Gasteiger partial charge in [0.1, 0.15) is 0 Å². The smallest absolute Gasteiger partial charge is 0.0794 e. The summed E-state index contributed by atoms with van der Waals surface area (Å²) in [5, 5.41) is 3.38. The van der Waals surface area contributed by atoms with Gasteiger partial charge in [-0.05, 0) is 19.9 Å². The number of aromatic nitrogens is 1. The van der Waals surface area contributed by atoms with Crippen LogP contribution < -0.4 is 5.32 Å². The molecule has 2 unspecified atom stereocenters. The van der Waals surface area contributed by atoms with Crippen LogP contribution in [-0.2, 0) is 10.8 Å². The van der Waals surface area contributed by atoms with E-state index >= 15 is 0 Å². The van der Waals surface area contributed by atoms with Crippen molar-refractivity contribution in [3.63, 3.8) is 0 Å². The Balaban J connectivity index is 2.16. The monoisotopic (exact) mass is 232 g/mol. The van der Waals surface area contributed by atoms with Crippen molar-refractivity contribution in [3.8, 4) is 0 Å². The summed E-state index contributed by atoms with van der Waals surface area (Å²) in [5.74, 6) is 0.780. The molecular weight excluding hydrogens is 216 g/mol. The zero-order valence-electron chi connectivity index (χ0n) is 8.53. The highest BCUT2D eigenvalue weighted by Gasteiger charge is 2.05. The number of nitrogens with one attached hydrogen (secondary N) is 1. The van der Waals surface area contributed by atoms with Crippen molar-refractivity contribution >= 4 is 22.1 Å². The fraction of sp³-hybridized carbons (Fsp3) is 0.667. The Bertz CT molecular complexity index is 274. The minimum Gasteiger partial charge on any atom is -0.309 e. The minimum atomic E-state index is -0.667. The fourth-order valence-electron chi connectivity index (χ4n) is 1.13. The second-order valence-electron chi connectivity index (χ2n) is 3.21. The van der Waals surface area contributed by atoms with Gasteiger partial charge >= 0.3 is 0 Å². The average Bonchev–Trinajstić information content (AvgIpc) is 2.64. The van der Waals surface area contributed by atoms with Crippen molar-refractivity contribution in [2.75, 3.05) is 18.6 Å². The summed E-state index contributed by atoms with van der Waals surface area (Å²) in [6, 6.07) is 0.354. The van der Waals surface area contributed by atoms with E-state index in [1.165, 1.54) is 4.88 Å². The van der Waals surface area contributed by atoms with Crippen LogP contribution in [0.1, 0.15) is 24.3 Å². The van der Waals surface area contributed by atoms with E-state index < -0.39 is 10.8 Å². The van der Waals surface area contributed by atoms with Gasteiger partial charge in [-0.15, -0.1) is 11.3 Å². The molecule has 80 valence electrons.